The van der Waals surface area contributed by atoms with Gasteiger partial charge in [0, 0.05) is 6.42 Å². The number of allylic oxidation sites excluding steroid dienone is 2. The van der Waals surface area contributed by atoms with E-state index in [1.165, 1.54) is 44.9 Å². The smallest absolute Gasteiger partial charge is 0.306 e. The Labute approximate surface area is 145 Å². The molecule has 0 aromatic carbocycles. The first-order valence-electron chi connectivity index (χ1n) is 9.83. The summed E-state index contributed by atoms with van der Waals surface area (Å²) in [7, 11) is 0. The molecule has 0 amide bonds. The molecule has 0 aromatic heterocycles. The molecule has 0 aliphatic heterocycles. The second-order valence-electron chi connectivity index (χ2n) is 7.36. The van der Waals surface area contributed by atoms with E-state index in [0.717, 1.165) is 12.8 Å². The third kappa shape index (κ3) is 13.4. The maximum absolute atomic E-state index is 11.9. The maximum atomic E-state index is 11.9. The minimum absolute atomic E-state index is 0.0174. The van der Waals surface area contributed by atoms with Crippen LogP contribution in [0.25, 0.3) is 0 Å². The molecule has 2 heteroatoms. The van der Waals surface area contributed by atoms with Crippen molar-refractivity contribution >= 4 is 5.97 Å². The zero-order chi connectivity index (χ0) is 17.5. The monoisotopic (exact) mass is 324 g/mol. The van der Waals surface area contributed by atoms with Crippen LogP contribution in [0, 0.1) is 11.8 Å². The SMILES string of the molecule is CCCC/C=C\CCCCCCCC(=O)OC(C(C)C)C(C)C. The van der Waals surface area contributed by atoms with Crippen molar-refractivity contribution in [2.45, 2.75) is 105 Å². The van der Waals surface area contributed by atoms with Crippen LogP contribution in [0.15, 0.2) is 12.2 Å². The molecule has 23 heavy (non-hydrogen) atoms. The van der Waals surface area contributed by atoms with Crippen molar-refractivity contribution in [3.8, 4) is 0 Å². The van der Waals surface area contributed by atoms with Gasteiger partial charge in [0.1, 0.15) is 6.10 Å². The second-order valence-corrected chi connectivity index (χ2v) is 7.36. The van der Waals surface area contributed by atoms with E-state index in [1.807, 2.05) is 0 Å². The van der Waals surface area contributed by atoms with E-state index in [2.05, 4.69) is 46.8 Å². The first-order chi connectivity index (χ1) is 11.0. The normalized spacial score (nSPS) is 12.0. The van der Waals surface area contributed by atoms with Crippen LogP contribution in [0.3, 0.4) is 0 Å². The molecule has 0 unspecified atom stereocenters. The number of hydrogen-bond acceptors (Lipinski definition) is 2. The van der Waals surface area contributed by atoms with Crippen LogP contribution in [-0.2, 0) is 9.53 Å². The number of carbonyl (C=O) groups excluding carboxylic acids is 1. The van der Waals surface area contributed by atoms with E-state index in [9.17, 15) is 4.79 Å². The van der Waals surface area contributed by atoms with Crippen molar-refractivity contribution in [1.82, 2.24) is 0 Å². The number of unbranched alkanes of at least 4 members (excludes halogenated alkanes) is 7. The minimum Gasteiger partial charge on any atom is -0.462 e. The summed E-state index contributed by atoms with van der Waals surface area (Å²) in [5.74, 6) is 0.768. The van der Waals surface area contributed by atoms with Crippen LogP contribution < -0.4 is 0 Å². The van der Waals surface area contributed by atoms with Gasteiger partial charge in [-0.05, 0) is 37.5 Å². The largest absolute Gasteiger partial charge is 0.462 e. The second kappa shape index (κ2) is 14.8. The van der Waals surface area contributed by atoms with E-state index in [4.69, 9.17) is 4.74 Å². The quantitative estimate of drug-likeness (QED) is 0.202. The van der Waals surface area contributed by atoms with E-state index in [-0.39, 0.29) is 12.1 Å². The summed E-state index contributed by atoms with van der Waals surface area (Å²) in [4.78, 5) is 11.9. The van der Waals surface area contributed by atoms with E-state index >= 15 is 0 Å². The van der Waals surface area contributed by atoms with Gasteiger partial charge in [0.15, 0.2) is 0 Å². The lowest BCUT2D eigenvalue weighted by atomic mass is 9.96. The molecule has 0 aromatic rings. The van der Waals surface area contributed by atoms with Gasteiger partial charge in [-0.2, -0.15) is 0 Å². The van der Waals surface area contributed by atoms with Crippen LogP contribution in [0.5, 0.6) is 0 Å². The summed E-state index contributed by atoms with van der Waals surface area (Å²) in [6.07, 6.45) is 16.2. The molecule has 136 valence electrons. The molecular formula is C21H40O2. The van der Waals surface area contributed by atoms with Crippen LogP contribution in [0.4, 0.5) is 0 Å². The lowest BCUT2D eigenvalue weighted by Gasteiger charge is -2.24. The molecule has 0 aliphatic carbocycles. The number of carbonyl (C=O) groups is 1. The highest BCUT2D eigenvalue weighted by Crippen LogP contribution is 2.17. The molecule has 0 bridgehead atoms. The van der Waals surface area contributed by atoms with Gasteiger partial charge in [0.05, 0.1) is 0 Å². The molecule has 0 saturated heterocycles. The molecule has 0 radical (unpaired) electrons. The Bertz CT molecular complexity index is 297. The predicted molar refractivity (Wildman–Crippen MR) is 101 cm³/mol. The molecule has 0 rings (SSSR count). The Balaban J connectivity index is 3.54. The summed E-state index contributed by atoms with van der Waals surface area (Å²) in [5.41, 5.74) is 0. The van der Waals surface area contributed by atoms with Gasteiger partial charge in [0.25, 0.3) is 0 Å². The van der Waals surface area contributed by atoms with Crippen molar-refractivity contribution in [1.29, 1.82) is 0 Å². The van der Waals surface area contributed by atoms with Crippen molar-refractivity contribution in [2.75, 3.05) is 0 Å². The van der Waals surface area contributed by atoms with Gasteiger partial charge in [-0.1, -0.05) is 78.9 Å². The Morgan fingerprint density at radius 3 is 1.91 bits per heavy atom. The predicted octanol–water partition coefficient (Wildman–Crippen LogP) is 6.69. The Hall–Kier alpha value is -0.790. The lowest BCUT2D eigenvalue weighted by molar-refractivity contribution is -0.154. The number of rotatable bonds is 14. The summed E-state index contributed by atoms with van der Waals surface area (Å²) in [5, 5.41) is 0. The van der Waals surface area contributed by atoms with Crippen LogP contribution >= 0.6 is 0 Å². The van der Waals surface area contributed by atoms with E-state index in [1.54, 1.807) is 0 Å². The van der Waals surface area contributed by atoms with Crippen LogP contribution in [-0.4, -0.2) is 12.1 Å². The highest BCUT2D eigenvalue weighted by molar-refractivity contribution is 5.69. The Morgan fingerprint density at radius 1 is 0.826 bits per heavy atom. The third-order valence-corrected chi connectivity index (χ3v) is 4.22. The topological polar surface area (TPSA) is 26.3 Å². The molecule has 0 saturated carbocycles. The van der Waals surface area contributed by atoms with Gasteiger partial charge >= 0.3 is 5.97 Å². The number of esters is 1. The van der Waals surface area contributed by atoms with Crippen molar-refractivity contribution in [3.05, 3.63) is 12.2 Å². The number of ether oxygens (including phenoxy) is 1. The Morgan fingerprint density at radius 2 is 1.35 bits per heavy atom. The summed E-state index contributed by atoms with van der Waals surface area (Å²) < 4.78 is 5.62. The average molecular weight is 325 g/mol. The molecule has 0 atom stereocenters. The fourth-order valence-corrected chi connectivity index (χ4v) is 2.87. The fraction of sp³-hybridized carbons (Fsp3) is 0.857. The molecule has 2 nitrogen and oxygen atoms in total. The van der Waals surface area contributed by atoms with Crippen LogP contribution in [0.2, 0.25) is 0 Å². The highest BCUT2D eigenvalue weighted by Gasteiger charge is 2.21. The summed E-state index contributed by atoms with van der Waals surface area (Å²) in [6, 6.07) is 0. The maximum Gasteiger partial charge on any atom is 0.306 e. The average Bonchev–Trinajstić information content (AvgIpc) is 2.49. The standard InChI is InChI=1S/C21H40O2/c1-6-7-8-9-10-11-12-13-14-15-16-17-20(22)23-21(18(2)3)19(4)5/h9-10,18-19,21H,6-8,11-17H2,1-5H3/b10-9-. The summed E-state index contributed by atoms with van der Waals surface area (Å²) in [6.45, 7) is 10.7. The van der Waals surface area contributed by atoms with Crippen LogP contribution in [0.1, 0.15) is 98.8 Å². The fourth-order valence-electron chi connectivity index (χ4n) is 2.87. The van der Waals surface area contributed by atoms with E-state index < -0.39 is 0 Å². The number of hydrogen-bond donors (Lipinski definition) is 0. The third-order valence-electron chi connectivity index (χ3n) is 4.22. The molecule has 0 N–H and O–H groups in total. The first-order valence-corrected chi connectivity index (χ1v) is 9.83. The molecule has 0 fully saturated rings. The lowest BCUT2D eigenvalue weighted by Crippen LogP contribution is -2.28. The molecule has 0 spiro atoms. The van der Waals surface area contributed by atoms with Crippen molar-refractivity contribution in [2.24, 2.45) is 11.8 Å². The van der Waals surface area contributed by atoms with Crippen molar-refractivity contribution in [3.63, 3.8) is 0 Å². The van der Waals surface area contributed by atoms with Gasteiger partial charge in [0.2, 0.25) is 0 Å². The summed E-state index contributed by atoms with van der Waals surface area (Å²) >= 11 is 0. The van der Waals surface area contributed by atoms with Gasteiger partial charge in [-0.3, -0.25) is 4.79 Å². The Kier molecular flexibility index (Phi) is 14.3. The zero-order valence-corrected chi connectivity index (χ0v) is 16.3. The molecular weight excluding hydrogens is 284 g/mol. The van der Waals surface area contributed by atoms with Gasteiger partial charge in [-0.25, -0.2) is 0 Å². The minimum atomic E-state index is -0.0174. The zero-order valence-electron chi connectivity index (χ0n) is 16.3. The molecule has 0 aliphatic rings. The first kappa shape index (κ1) is 22.2. The van der Waals surface area contributed by atoms with Gasteiger partial charge < -0.3 is 4.74 Å². The van der Waals surface area contributed by atoms with Gasteiger partial charge in [-0.15, -0.1) is 0 Å². The van der Waals surface area contributed by atoms with Crippen molar-refractivity contribution < 1.29 is 9.53 Å². The molecule has 0 heterocycles. The van der Waals surface area contributed by atoms with E-state index in [0.29, 0.717) is 18.3 Å². The highest BCUT2D eigenvalue weighted by atomic mass is 16.5.